The molecule has 0 aliphatic rings. The van der Waals surface area contributed by atoms with Crippen molar-refractivity contribution in [3.63, 3.8) is 0 Å². The molecule has 0 amide bonds. The van der Waals surface area contributed by atoms with Crippen LogP contribution < -0.4 is 4.74 Å². The summed E-state index contributed by atoms with van der Waals surface area (Å²) >= 11 is 2.60. The third kappa shape index (κ3) is 9.50. The summed E-state index contributed by atoms with van der Waals surface area (Å²) in [5, 5.41) is 4.43. The van der Waals surface area contributed by atoms with Crippen molar-refractivity contribution in [2.24, 2.45) is 0 Å². The molecule has 7 heteroatoms. The second-order valence-corrected chi connectivity index (χ2v) is 27.4. The van der Waals surface area contributed by atoms with Crippen LogP contribution in [-0.4, -0.2) is 23.1 Å². The summed E-state index contributed by atoms with van der Waals surface area (Å²) in [6.45, 7) is 27.6. The van der Waals surface area contributed by atoms with Crippen molar-refractivity contribution in [1.82, 2.24) is 23.1 Å². The van der Waals surface area contributed by atoms with E-state index in [2.05, 4.69) is 321 Å². The normalized spacial score (nSPS) is 12.7. The Kier molecular flexibility index (Phi) is 13.0. The summed E-state index contributed by atoms with van der Waals surface area (Å²) in [6.07, 6.45) is 1.92. The van der Waals surface area contributed by atoms with Gasteiger partial charge in [-0.25, -0.2) is 0 Å². The fraction of sp³-hybridized carbons (Fsp3) is 0.211. The van der Waals surface area contributed by atoms with Gasteiger partial charge in [-0.3, -0.25) is 0 Å². The number of aromatic nitrogens is 5. The molecule has 4 heterocycles. The van der Waals surface area contributed by atoms with Crippen molar-refractivity contribution in [2.75, 3.05) is 0 Å². The predicted octanol–water partition coefficient (Wildman–Crippen LogP) is 20.0. The molecule has 416 valence electrons. The third-order valence-corrected chi connectivity index (χ3v) is 17.5. The molecule has 0 fully saturated rings. The van der Waals surface area contributed by atoms with E-state index in [0.717, 1.165) is 97.8 Å². The molecule has 6 nitrogen and oxygen atoms in total. The summed E-state index contributed by atoms with van der Waals surface area (Å²) in [7, 11) is 0. The SMILES string of the molecule is CC(C)(C)c1cccc(-c2cccc(-c3cc(C(C)(C)C)cc(C(C)(C)C)c3)c2-n2[c](=[Pt])n3c4[c-]c(Oc5[c-]c6c(cc5)c5ccccc5n6-c5cc(C(C)(C)C)ccn5)ccc4n(-c4ccccc4)c4ccccc4c4cccc2c43)c1. The summed E-state index contributed by atoms with van der Waals surface area (Å²) in [5.41, 5.74) is 18.5. The minimum atomic E-state index is -0.0921. The van der Waals surface area contributed by atoms with Crippen LogP contribution in [-0.2, 0) is 41.0 Å². The van der Waals surface area contributed by atoms with E-state index in [0.29, 0.717) is 11.5 Å². The molecule has 0 saturated heterocycles. The van der Waals surface area contributed by atoms with Gasteiger partial charge in [-0.05, 0) is 17.0 Å². The van der Waals surface area contributed by atoms with Gasteiger partial charge in [-0.2, -0.15) is 0 Å². The molecule has 13 aromatic rings. The molecular weight excluding hydrogens is 1190 g/mol. The van der Waals surface area contributed by atoms with E-state index in [1.807, 2.05) is 12.3 Å². The first-order chi connectivity index (χ1) is 39.6. The molecule has 0 spiro atoms. The molecule has 0 N–H and O–H groups in total. The molecule has 13 rings (SSSR count). The third-order valence-electron chi connectivity index (χ3n) is 16.5. The Balaban J connectivity index is 1.14. The van der Waals surface area contributed by atoms with Crippen LogP contribution in [0.15, 0.2) is 200 Å². The number of imidazole rings is 1. The first-order valence-electron chi connectivity index (χ1n) is 28.9. The maximum absolute atomic E-state index is 7.10. The Bertz CT molecular complexity index is 4790. The van der Waals surface area contributed by atoms with E-state index in [1.54, 1.807) is 0 Å². The molecule has 4 aromatic heterocycles. The number of para-hydroxylation sites is 5. The van der Waals surface area contributed by atoms with Crippen LogP contribution in [0, 0.1) is 15.9 Å². The minimum absolute atomic E-state index is 0.0619. The topological polar surface area (TPSA) is 41.3 Å². The molecule has 9 aromatic carbocycles. The van der Waals surface area contributed by atoms with Gasteiger partial charge in [0.15, 0.2) is 0 Å². The molecule has 0 bridgehead atoms. The van der Waals surface area contributed by atoms with Gasteiger partial charge in [0, 0.05) is 6.20 Å². The number of pyridine rings is 1. The average molecular weight is 1260 g/mol. The fourth-order valence-corrected chi connectivity index (χ4v) is 13.0. The van der Waals surface area contributed by atoms with Crippen molar-refractivity contribution in [3.05, 3.63) is 239 Å². The second-order valence-electron chi connectivity index (χ2n) is 26.4. The van der Waals surface area contributed by atoms with E-state index >= 15 is 0 Å². The summed E-state index contributed by atoms with van der Waals surface area (Å²) in [4.78, 5) is 4.96. The van der Waals surface area contributed by atoms with Crippen LogP contribution in [0.1, 0.15) is 105 Å². The van der Waals surface area contributed by atoms with Crippen molar-refractivity contribution < 1.29 is 24.1 Å². The first-order valence-corrected chi connectivity index (χ1v) is 30.0. The number of benzene rings is 9. The van der Waals surface area contributed by atoms with Crippen LogP contribution in [0.3, 0.4) is 0 Å². The molecule has 0 saturated carbocycles. The summed E-state index contributed by atoms with van der Waals surface area (Å²) in [6, 6.07) is 78.7. The van der Waals surface area contributed by atoms with Gasteiger partial charge in [0.25, 0.3) is 0 Å². The Morgan fingerprint density at radius 1 is 0.398 bits per heavy atom. The van der Waals surface area contributed by atoms with Gasteiger partial charge in [-0.15, -0.1) is 0 Å². The molecule has 0 aliphatic carbocycles. The maximum atomic E-state index is 7.10. The van der Waals surface area contributed by atoms with E-state index < -0.39 is 0 Å². The average Bonchev–Trinajstić information content (AvgIpc) is 1.77. The zero-order valence-electron chi connectivity index (χ0n) is 49.5. The van der Waals surface area contributed by atoms with E-state index in [1.165, 1.54) is 27.8 Å². The Labute approximate surface area is 498 Å². The van der Waals surface area contributed by atoms with E-state index in [4.69, 9.17) is 9.72 Å². The molecule has 0 unspecified atom stereocenters. The number of hydrogen-bond acceptors (Lipinski definition) is 2. The molecule has 0 radical (unpaired) electrons. The number of rotatable bonds is 7. The van der Waals surface area contributed by atoms with Crippen LogP contribution in [0.2, 0.25) is 0 Å². The van der Waals surface area contributed by atoms with Crippen LogP contribution in [0.25, 0.3) is 99.6 Å². The number of fused-ring (bicyclic) bond motifs is 7. The standard InChI is InChI=1S/C76H69N5O.Pt/c1-73(2,3)51-24-20-23-49(41-51)58-29-21-30-59(50-42-53(75(7,8)9)44-54(43-50)76(10,11)12)71(58)78-48-79-69-47-57(36-38-66(69)80(55-25-14-13-15-26-55)64-32-18-17-28-61(64)63-31-22-34-67(78)72(63)79)82-56-35-37-62-60-27-16-19-33-65(60)81(68(62)46-56)70-45-52(39-40-77-70)74(4,5)6;/h13-45H,1-12H3;/q-2;. The molecular formula is C76H69N5OPt-2. The van der Waals surface area contributed by atoms with Crippen molar-refractivity contribution in [3.8, 4) is 50.9 Å². The Morgan fingerprint density at radius 2 is 0.928 bits per heavy atom. The molecule has 0 atom stereocenters. The Morgan fingerprint density at radius 3 is 1.60 bits per heavy atom. The zero-order valence-corrected chi connectivity index (χ0v) is 51.8. The first kappa shape index (κ1) is 54.0. The molecule has 83 heavy (non-hydrogen) atoms. The van der Waals surface area contributed by atoms with E-state index in [9.17, 15) is 0 Å². The monoisotopic (exact) mass is 1260 g/mol. The zero-order chi connectivity index (χ0) is 57.9. The van der Waals surface area contributed by atoms with Crippen LogP contribution in [0.4, 0.5) is 0 Å². The molecule has 0 aliphatic heterocycles. The van der Waals surface area contributed by atoms with Crippen molar-refractivity contribution in [2.45, 2.75) is 105 Å². The van der Waals surface area contributed by atoms with Gasteiger partial charge in [0.05, 0.1) is 0 Å². The van der Waals surface area contributed by atoms with Crippen LogP contribution >= 0.6 is 0 Å². The second kappa shape index (κ2) is 20.0. The Hall–Kier alpha value is -8.31. The predicted molar refractivity (Wildman–Crippen MR) is 343 cm³/mol. The van der Waals surface area contributed by atoms with Gasteiger partial charge in [0.1, 0.15) is 0 Å². The van der Waals surface area contributed by atoms with Gasteiger partial charge in [-0.1, -0.05) is 32.9 Å². The van der Waals surface area contributed by atoms with Gasteiger partial charge < -0.3 is 0 Å². The van der Waals surface area contributed by atoms with Crippen LogP contribution in [0.5, 0.6) is 11.5 Å². The number of ether oxygens (including phenoxy) is 1. The van der Waals surface area contributed by atoms with E-state index in [-0.39, 0.29) is 21.7 Å². The van der Waals surface area contributed by atoms with Crippen molar-refractivity contribution >= 4 is 60.2 Å². The number of nitrogens with zero attached hydrogens (tertiary/aromatic N) is 5. The van der Waals surface area contributed by atoms with Gasteiger partial charge in [0.2, 0.25) is 0 Å². The fourth-order valence-electron chi connectivity index (χ4n) is 11.9. The summed E-state index contributed by atoms with van der Waals surface area (Å²) in [5.74, 6) is 1.98. The van der Waals surface area contributed by atoms with Gasteiger partial charge >= 0.3 is 445 Å². The quantitative estimate of drug-likeness (QED) is 0.149. The summed E-state index contributed by atoms with van der Waals surface area (Å²) < 4.78 is 17.6. The number of hydrogen-bond donors (Lipinski definition) is 0. The van der Waals surface area contributed by atoms with Crippen molar-refractivity contribution in [1.29, 1.82) is 0 Å².